The molecule has 2 aromatic carbocycles. The Bertz CT molecular complexity index is 575. The second kappa shape index (κ2) is 7.21. The summed E-state index contributed by atoms with van der Waals surface area (Å²) in [5.41, 5.74) is 0. The standard InChI is InChI=1S/C16H14IO4/c1-11(18)20-15-7-3-13(4-8-15)17-14-5-9-16(10-6-14)21-12(2)19/h3-10H,1-2H3/q-1. The summed E-state index contributed by atoms with van der Waals surface area (Å²) >= 11 is -0.320. The first-order chi connectivity index (χ1) is 10.0. The molecule has 0 saturated heterocycles. The summed E-state index contributed by atoms with van der Waals surface area (Å²) in [6.07, 6.45) is 0. The number of rotatable bonds is 4. The van der Waals surface area contributed by atoms with E-state index in [0.29, 0.717) is 11.5 Å². The van der Waals surface area contributed by atoms with Crippen LogP contribution in [0.3, 0.4) is 0 Å². The van der Waals surface area contributed by atoms with E-state index in [1.807, 2.05) is 24.3 Å². The summed E-state index contributed by atoms with van der Waals surface area (Å²) in [5, 5.41) is 0. The van der Waals surface area contributed by atoms with E-state index in [1.165, 1.54) is 21.0 Å². The second-order valence-corrected chi connectivity index (χ2v) is 7.22. The van der Waals surface area contributed by atoms with E-state index in [-0.39, 0.29) is 33.1 Å². The maximum absolute atomic E-state index is 10.8. The van der Waals surface area contributed by atoms with Crippen molar-refractivity contribution in [1.82, 2.24) is 0 Å². The Morgan fingerprint density at radius 3 is 1.33 bits per heavy atom. The fourth-order valence-corrected chi connectivity index (χ4v) is 3.75. The Kier molecular flexibility index (Phi) is 5.32. The van der Waals surface area contributed by atoms with Gasteiger partial charge in [0.2, 0.25) is 0 Å². The van der Waals surface area contributed by atoms with Gasteiger partial charge in [-0.3, -0.25) is 0 Å². The number of carbonyl (C=O) groups is 2. The molecular weight excluding hydrogens is 383 g/mol. The van der Waals surface area contributed by atoms with Gasteiger partial charge in [-0.2, -0.15) is 0 Å². The number of carbonyl (C=O) groups excluding carboxylic acids is 2. The molecule has 21 heavy (non-hydrogen) atoms. The van der Waals surface area contributed by atoms with E-state index in [2.05, 4.69) is 0 Å². The molecule has 2 rings (SSSR count). The molecule has 4 nitrogen and oxygen atoms in total. The number of esters is 2. The van der Waals surface area contributed by atoms with Gasteiger partial charge in [0.15, 0.2) is 0 Å². The zero-order chi connectivity index (χ0) is 15.2. The predicted molar refractivity (Wildman–Crippen MR) is 72.9 cm³/mol. The Labute approximate surface area is 133 Å². The van der Waals surface area contributed by atoms with Crippen molar-refractivity contribution < 1.29 is 40.3 Å². The van der Waals surface area contributed by atoms with Crippen molar-refractivity contribution in [2.24, 2.45) is 0 Å². The Balaban J connectivity index is 2.01. The molecule has 0 aliphatic rings. The average molecular weight is 397 g/mol. The number of hydrogen-bond donors (Lipinski definition) is 0. The third kappa shape index (κ3) is 5.18. The fraction of sp³-hybridized carbons (Fsp3) is 0.125. The van der Waals surface area contributed by atoms with Crippen molar-refractivity contribution in [1.29, 1.82) is 0 Å². The van der Waals surface area contributed by atoms with E-state index in [0.717, 1.165) is 0 Å². The van der Waals surface area contributed by atoms with E-state index >= 15 is 0 Å². The predicted octanol–water partition coefficient (Wildman–Crippen LogP) is -0.334. The third-order valence-corrected chi connectivity index (χ3v) is 5.05. The van der Waals surface area contributed by atoms with Crippen LogP contribution < -0.4 is 30.7 Å². The van der Waals surface area contributed by atoms with Gasteiger partial charge < -0.3 is 0 Å². The molecule has 0 N–H and O–H groups in total. The number of hydrogen-bond acceptors (Lipinski definition) is 4. The maximum atomic E-state index is 10.8. The minimum atomic E-state index is -0.321. The fourth-order valence-electron chi connectivity index (χ4n) is 1.59. The van der Waals surface area contributed by atoms with Gasteiger partial charge in [0.1, 0.15) is 0 Å². The van der Waals surface area contributed by atoms with Gasteiger partial charge in [0.25, 0.3) is 0 Å². The Hall–Kier alpha value is -1.89. The van der Waals surface area contributed by atoms with Gasteiger partial charge in [0, 0.05) is 0 Å². The summed E-state index contributed by atoms with van der Waals surface area (Å²) in [4.78, 5) is 21.7. The zero-order valence-electron chi connectivity index (χ0n) is 11.6. The number of ether oxygens (including phenoxy) is 2. The van der Waals surface area contributed by atoms with E-state index < -0.39 is 0 Å². The van der Waals surface area contributed by atoms with Gasteiger partial charge >= 0.3 is 133 Å². The van der Waals surface area contributed by atoms with Crippen molar-refractivity contribution in [2.45, 2.75) is 13.8 Å². The molecule has 0 amide bonds. The molecule has 0 fully saturated rings. The first kappa shape index (κ1) is 15.5. The first-order valence-electron chi connectivity index (χ1n) is 6.25. The molecule has 0 saturated carbocycles. The molecule has 0 aliphatic carbocycles. The summed E-state index contributed by atoms with van der Waals surface area (Å²) in [6, 6.07) is 15.0. The molecule has 2 aromatic rings. The summed E-state index contributed by atoms with van der Waals surface area (Å²) in [7, 11) is 0. The quantitative estimate of drug-likeness (QED) is 0.403. The van der Waals surface area contributed by atoms with Gasteiger partial charge in [-0.1, -0.05) is 0 Å². The molecule has 0 radical (unpaired) electrons. The van der Waals surface area contributed by atoms with Crippen LogP contribution in [0.2, 0.25) is 0 Å². The van der Waals surface area contributed by atoms with E-state index in [1.54, 1.807) is 24.3 Å². The van der Waals surface area contributed by atoms with Crippen LogP contribution in [0.5, 0.6) is 11.5 Å². The van der Waals surface area contributed by atoms with Crippen molar-refractivity contribution in [3.05, 3.63) is 55.7 Å². The van der Waals surface area contributed by atoms with Gasteiger partial charge in [-0.25, -0.2) is 0 Å². The van der Waals surface area contributed by atoms with Crippen LogP contribution in [0, 0.1) is 7.14 Å². The van der Waals surface area contributed by atoms with Crippen molar-refractivity contribution >= 4 is 11.9 Å². The van der Waals surface area contributed by atoms with Crippen LogP contribution >= 0.6 is 0 Å². The molecule has 0 unspecified atom stereocenters. The SMILES string of the molecule is CC(=O)Oc1ccc([I-]c2ccc(OC(C)=O)cc2)cc1. The minimum absolute atomic E-state index is 0.320. The molecular formula is C16H14IO4-. The van der Waals surface area contributed by atoms with E-state index in [4.69, 9.17) is 9.47 Å². The molecule has 0 spiro atoms. The van der Waals surface area contributed by atoms with Crippen molar-refractivity contribution in [3.8, 4) is 11.5 Å². The Morgan fingerprint density at radius 2 is 1.05 bits per heavy atom. The second-order valence-electron chi connectivity index (χ2n) is 4.19. The summed E-state index contributed by atoms with van der Waals surface area (Å²) in [5.74, 6) is 0.470. The van der Waals surface area contributed by atoms with Gasteiger partial charge in [0.05, 0.1) is 0 Å². The molecule has 0 atom stereocenters. The number of halogens is 1. The van der Waals surface area contributed by atoms with Crippen LogP contribution in [-0.2, 0) is 9.59 Å². The van der Waals surface area contributed by atoms with Crippen LogP contribution in [0.1, 0.15) is 13.8 Å². The number of benzene rings is 2. The average Bonchev–Trinajstić information content (AvgIpc) is 2.42. The molecule has 0 bridgehead atoms. The zero-order valence-corrected chi connectivity index (χ0v) is 13.8. The topological polar surface area (TPSA) is 52.6 Å². The van der Waals surface area contributed by atoms with E-state index in [9.17, 15) is 9.59 Å². The molecule has 110 valence electrons. The van der Waals surface area contributed by atoms with Gasteiger partial charge in [-0.15, -0.1) is 0 Å². The van der Waals surface area contributed by atoms with Crippen molar-refractivity contribution in [3.63, 3.8) is 0 Å². The Morgan fingerprint density at radius 1 is 0.714 bits per heavy atom. The molecule has 0 heterocycles. The first-order valence-corrected chi connectivity index (χ1v) is 8.40. The summed E-state index contributed by atoms with van der Waals surface area (Å²) < 4.78 is 12.4. The molecule has 0 aromatic heterocycles. The van der Waals surface area contributed by atoms with Gasteiger partial charge in [-0.05, 0) is 0 Å². The normalized spacial score (nSPS) is 10.2. The monoisotopic (exact) mass is 397 g/mol. The van der Waals surface area contributed by atoms with Crippen LogP contribution in [0.15, 0.2) is 48.5 Å². The third-order valence-electron chi connectivity index (χ3n) is 2.37. The van der Waals surface area contributed by atoms with Crippen LogP contribution in [0.25, 0.3) is 0 Å². The molecule has 5 heteroatoms. The van der Waals surface area contributed by atoms with Crippen LogP contribution in [0.4, 0.5) is 0 Å². The summed E-state index contributed by atoms with van der Waals surface area (Å²) in [6.45, 7) is 2.76. The van der Waals surface area contributed by atoms with Crippen LogP contribution in [-0.4, -0.2) is 11.9 Å². The van der Waals surface area contributed by atoms with Crippen molar-refractivity contribution in [2.75, 3.05) is 0 Å². The molecule has 0 aliphatic heterocycles.